The van der Waals surface area contributed by atoms with E-state index in [-0.39, 0.29) is 0 Å². The molecule has 0 unspecified atom stereocenters. The van der Waals surface area contributed by atoms with Gasteiger partial charge >= 0.3 is 0 Å². The van der Waals surface area contributed by atoms with E-state index in [1.165, 1.54) is 0 Å². The van der Waals surface area contributed by atoms with Gasteiger partial charge in [-0.15, -0.1) is 0 Å². The van der Waals surface area contributed by atoms with Crippen LogP contribution in [0.1, 0.15) is 16.7 Å². The molecule has 0 aliphatic heterocycles. The summed E-state index contributed by atoms with van der Waals surface area (Å²) >= 11 is 6.15. The average molecular weight is 322 g/mol. The number of rotatable bonds is 5. The van der Waals surface area contributed by atoms with E-state index >= 15 is 0 Å². The van der Waals surface area contributed by atoms with Crippen molar-refractivity contribution in [3.63, 3.8) is 0 Å². The second-order valence-corrected chi connectivity index (χ2v) is 5.56. The molecule has 1 N–H and O–H groups in total. The van der Waals surface area contributed by atoms with Crippen LogP contribution in [0.3, 0.4) is 0 Å². The quantitative estimate of drug-likeness (QED) is 0.632. The highest BCUT2D eigenvalue weighted by Gasteiger charge is 2.08. The number of hydrogen-bond acceptors (Lipinski definition) is 2. The SMILES string of the molecule is N=C(c1ccc(OCc2ccccc2)cc1)c1ccccc1Cl. The molecule has 0 fully saturated rings. The molecule has 0 saturated carbocycles. The molecular formula is C20H16ClNO. The minimum atomic E-state index is 0.408. The van der Waals surface area contributed by atoms with Crippen molar-refractivity contribution in [2.24, 2.45) is 0 Å². The zero-order chi connectivity index (χ0) is 16.1. The van der Waals surface area contributed by atoms with Crippen LogP contribution in [0.4, 0.5) is 0 Å². The molecule has 0 radical (unpaired) electrons. The Morgan fingerprint density at radius 3 is 2.17 bits per heavy atom. The van der Waals surface area contributed by atoms with Crippen LogP contribution in [0, 0.1) is 5.41 Å². The van der Waals surface area contributed by atoms with Crippen molar-refractivity contribution in [1.29, 1.82) is 5.41 Å². The van der Waals surface area contributed by atoms with Gasteiger partial charge in [-0.2, -0.15) is 0 Å². The summed E-state index contributed by atoms with van der Waals surface area (Å²) < 4.78 is 5.76. The maximum atomic E-state index is 8.29. The summed E-state index contributed by atoms with van der Waals surface area (Å²) in [5.41, 5.74) is 3.07. The van der Waals surface area contributed by atoms with E-state index in [1.807, 2.05) is 72.8 Å². The molecule has 0 atom stereocenters. The topological polar surface area (TPSA) is 33.1 Å². The summed E-state index contributed by atoms with van der Waals surface area (Å²) in [6, 6.07) is 24.9. The van der Waals surface area contributed by atoms with Gasteiger partial charge in [0.25, 0.3) is 0 Å². The average Bonchev–Trinajstić information content (AvgIpc) is 2.61. The lowest BCUT2D eigenvalue weighted by atomic mass is 10.0. The van der Waals surface area contributed by atoms with Gasteiger partial charge in [0.2, 0.25) is 0 Å². The Bertz CT molecular complexity index is 797. The van der Waals surface area contributed by atoms with Gasteiger partial charge in [0.05, 0.1) is 5.71 Å². The number of hydrogen-bond donors (Lipinski definition) is 1. The van der Waals surface area contributed by atoms with Crippen molar-refractivity contribution in [3.05, 3.63) is 101 Å². The minimum absolute atomic E-state index is 0.408. The summed E-state index contributed by atoms with van der Waals surface area (Å²) in [6.45, 7) is 0.530. The summed E-state index contributed by atoms with van der Waals surface area (Å²) in [6.07, 6.45) is 0. The maximum absolute atomic E-state index is 8.29. The van der Waals surface area contributed by atoms with Crippen molar-refractivity contribution in [3.8, 4) is 5.75 Å². The number of nitrogens with one attached hydrogen (secondary N) is 1. The fourth-order valence-electron chi connectivity index (χ4n) is 2.28. The van der Waals surface area contributed by atoms with E-state index in [1.54, 1.807) is 6.07 Å². The molecule has 0 spiro atoms. The zero-order valence-corrected chi connectivity index (χ0v) is 13.3. The summed E-state index contributed by atoms with van der Waals surface area (Å²) in [7, 11) is 0. The third-order valence-corrected chi connectivity index (χ3v) is 3.86. The predicted octanol–water partition coefficient (Wildman–Crippen LogP) is 5.34. The van der Waals surface area contributed by atoms with E-state index < -0.39 is 0 Å². The molecule has 0 heterocycles. The normalized spacial score (nSPS) is 10.3. The molecule has 3 heteroatoms. The number of halogens is 1. The van der Waals surface area contributed by atoms with Gasteiger partial charge in [-0.1, -0.05) is 60.1 Å². The van der Waals surface area contributed by atoms with Gasteiger partial charge in [-0.25, -0.2) is 0 Å². The Balaban J connectivity index is 1.70. The van der Waals surface area contributed by atoms with Gasteiger partial charge in [0.1, 0.15) is 12.4 Å². The maximum Gasteiger partial charge on any atom is 0.119 e. The smallest absolute Gasteiger partial charge is 0.119 e. The monoisotopic (exact) mass is 321 g/mol. The number of ether oxygens (including phenoxy) is 1. The summed E-state index contributed by atoms with van der Waals surface area (Å²) in [5.74, 6) is 0.782. The lowest BCUT2D eigenvalue weighted by molar-refractivity contribution is 0.306. The Morgan fingerprint density at radius 1 is 0.826 bits per heavy atom. The van der Waals surface area contributed by atoms with E-state index in [0.29, 0.717) is 17.3 Å². The molecule has 0 aromatic heterocycles. The van der Waals surface area contributed by atoms with Crippen LogP contribution in [0.25, 0.3) is 0 Å². The van der Waals surface area contributed by atoms with Gasteiger partial charge in [-0.05, 0) is 35.9 Å². The fourth-order valence-corrected chi connectivity index (χ4v) is 2.51. The van der Waals surface area contributed by atoms with Crippen LogP contribution in [0.5, 0.6) is 5.75 Å². The first kappa shape index (κ1) is 15.3. The predicted molar refractivity (Wildman–Crippen MR) is 94.6 cm³/mol. The largest absolute Gasteiger partial charge is 0.489 e. The highest BCUT2D eigenvalue weighted by molar-refractivity contribution is 6.35. The first-order valence-electron chi connectivity index (χ1n) is 7.34. The third kappa shape index (κ3) is 3.79. The Hall–Kier alpha value is -2.58. The van der Waals surface area contributed by atoms with Gasteiger partial charge in [0, 0.05) is 16.1 Å². The van der Waals surface area contributed by atoms with Crippen molar-refractivity contribution < 1.29 is 4.74 Å². The van der Waals surface area contributed by atoms with Crippen LogP contribution in [0.2, 0.25) is 5.02 Å². The van der Waals surface area contributed by atoms with E-state index in [4.69, 9.17) is 21.7 Å². The van der Waals surface area contributed by atoms with Crippen molar-refractivity contribution in [2.75, 3.05) is 0 Å². The van der Waals surface area contributed by atoms with Crippen molar-refractivity contribution >= 4 is 17.3 Å². The molecule has 0 saturated heterocycles. The minimum Gasteiger partial charge on any atom is -0.489 e. The second kappa shape index (κ2) is 7.12. The third-order valence-electron chi connectivity index (χ3n) is 3.53. The molecule has 3 aromatic carbocycles. The van der Waals surface area contributed by atoms with Crippen molar-refractivity contribution in [1.82, 2.24) is 0 Å². The van der Waals surface area contributed by atoms with Gasteiger partial charge < -0.3 is 4.74 Å². The highest BCUT2D eigenvalue weighted by Crippen LogP contribution is 2.21. The molecule has 2 nitrogen and oxygen atoms in total. The second-order valence-electron chi connectivity index (χ2n) is 5.15. The number of benzene rings is 3. The Kier molecular flexibility index (Phi) is 4.74. The van der Waals surface area contributed by atoms with Crippen LogP contribution in [0.15, 0.2) is 78.9 Å². The van der Waals surface area contributed by atoms with Crippen molar-refractivity contribution in [2.45, 2.75) is 6.61 Å². The molecule has 0 aliphatic rings. The standard InChI is InChI=1S/C20H16ClNO/c21-19-9-5-4-8-18(19)20(22)16-10-12-17(13-11-16)23-14-15-6-2-1-3-7-15/h1-13,22H,14H2. The molecule has 0 aliphatic carbocycles. The Morgan fingerprint density at radius 2 is 1.48 bits per heavy atom. The molecule has 23 heavy (non-hydrogen) atoms. The molecule has 3 rings (SSSR count). The van der Waals surface area contributed by atoms with E-state index in [2.05, 4.69) is 0 Å². The highest BCUT2D eigenvalue weighted by atomic mass is 35.5. The molecule has 0 amide bonds. The molecular weight excluding hydrogens is 306 g/mol. The van der Waals surface area contributed by atoms with E-state index in [9.17, 15) is 0 Å². The fraction of sp³-hybridized carbons (Fsp3) is 0.0500. The van der Waals surface area contributed by atoms with Crippen LogP contribution in [-0.4, -0.2) is 5.71 Å². The summed E-state index contributed by atoms with van der Waals surface area (Å²) in [4.78, 5) is 0. The van der Waals surface area contributed by atoms with Gasteiger partial charge in [-0.3, -0.25) is 5.41 Å². The first-order valence-corrected chi connectivity index (χ1v) is 7.72. The van der Waals surface area contributed by atoms with Crippen LogP contribution >= 0.6 is 11.6 Å². The molecule has 3 aromatic rings. The van der Waals surface area contributed by atoms with Crippen LogP contribution in [-0.2, 0) is 6.61 Å². The van der Waals surface area contributed by atoms with Gasteiger partial charge in [0.15, 0.2) is 0 Å². The lowest BCUT2D eigenvalue weighted by Crippen LogP contribution is -2.02. The lowest BCUT2D eigenvalue weighted by Gasteiger charge is -2.09. The summed E-state index contributed by atoms with van der Waals surface area (Å²) in [5, 5.41) is 8.88. The first-order chi connectivity index (χ1) is 11.2. The Labute approximate surface area is 140 Å². The zero-order valence-electron chi connectivity index (χ0n) is 12.5. The van der Waals surface area contributed by atoms with E-state index in [0.717, 1.165) is 22.4 Å². The molecule has 0 bridgehead atoms. The van der Waals surface area contributed by atoms with Crippen LogP contribution < -0.4 is 4.74 Å². The molecule has 114 valence electrons.